The highest BCUT2D eigenvalue weighted by Crippen LogP contribution is 2.26. The molecule has 0 saturated heterocycles. The lowest BCUT2D eigenvalue weighted by molar-refractivity contribution is 0.603. The molecule has 0 aliphatic heterocycles. The summed E-state index contributed by atoms with van der Waals surface area (Å²) in [6, 6.07) is 20.4. The van der Waals surface area contributed by atoms with E-state index in [1.807, 2.05) is 57.2 Å². The van der Waals surface area contributed by atoms with Crippen molar-refractivity contribution in [2.75, 3.05) is 15.4 Å². The molecule has 0 unspecified atom stereocenters. The first-order valence-corrected chi connectivity index (χ1v) is 12.8. The molecule has 4 rings (SSSR count). The molecule has 0 atom stereocenters. The van der Waals surface area contributed by atoms with Crippen LogP contribution in [0.1, 0.15) is 23.1 Å². The highest BCUT2D eigenvalue weighted by molar-refractivity contribution is 7.94. The maximum Gasteiger partial charge on any atom is 0.271 e. The molecule has 0 aliphatic rings. The molecule has 9 heteroatoms. The van der Waals surface area contributed by atoms with E-state index in [-0.39, 0.29) is 0 Å². The Hall–Kier alpha value is -3.43. The number of nitrogens with zero attached hydrogens (tertiary/aromatic N) is 2. The molecule has 2 aromatic carbocycles. The standard InChI is InChI=1S/C24H25N5O2S2/c1-4-21-13-14-23(32-21)33(30,31)29-20-11-9-18(10-12-20)26-22-15-17(3)25-24(28-22)27-19-7-5-16(2)6-8-19/h5-15,29H,4H2,1-3H3,(H2,25,26,27,28). The van der Waals surface area contributed by atoms with Gasteiger partial charge >= 0.3 is 0 Å². The fourth-order valence-electron chi connectivity index (χ4n) is 3.12. The van der Waals surface area contributed by atoms with Gasteiger partial charge in [0.15, 0.2) is 0 Å². The highest BCUT2D eigenvalue weighted by Gasteiger charge is 2.16. The molecule has 4 aromatic rings. The van der Waals surface area contributed by atoms with Crippen molar-refractivity contribution in [3.63, 3.8) is 0 Å². The largest absolute Gasteiger partial charge is 0.340 e. The van der Waals surface area contributed by atoms with Gasteiger partial charge in [0.2, 0.25) is 5.95 Å². The van der Waals surface area contributed by atoms with E-state index in [1.165, 1.54) is 16.9 Å². The minimum atomic E-state index is -3.60. The van der Waals surface area contributed by atoms with Crippen LogP contribution in [0, 0.1) is 13.8 Å². The average Bonchev–Trinajstić information content (AvgIpc) is 3.27. The Morgan fingerprint density at radius 2 is 1.45 bits per heavy atom. The van der Waals surface area contributed by atoms with E-state index < -0.39 is 10.0 Å². The first kappa shape index (κ1) is 22.8. The minimum Gasteiger partial charge on any atom is -0.340 e. The summed E-state index contributed by atoms with van der Waals surface area (Å²) in [5.41, 5.74) is 4.17. The number of rotatable bonds is 8. The zero-order valence-corrected chi connectivity index (χ0v) is 20.2. The number of aryl methyl sites for hydroxylation is 3. The van der Waals surface area contributed by atoms with E-state index >= 15 is 0 Å². The molecule has 0 radical (unpaired) electrons. The molecule has 2 aromatic heterocycles. The number of hydrogen-bond acceptors (Lipinski definition) is 7. The van der Waals surface area contributed by atoms with Crippen LogP contribution in [0.25, 0.3) is 0 Å². The Balaban J connectivity index is 1.45. The van der Waals surface area contributed by atoms with Gasteiger partial charge in [-0.1, -0.05) is 24.6 Å². The molecule has 2 heterocycles. The summed E-state index contributed by atoms with van der Waals surface area (Å²) in [5, 5.41) is 6.46. The van der Waals surface area contributed by atoms with Gasteiger partial charge in [-0.05, 0) is 68.8 Å². The Morgan fingerprint density at radius 1 is 0.818 bits per heavy atom. The second-order valence-corrected chi connectivity index (χ2v) is 10.7. The van der Waals surface area contributed by atoms with E-state index in [0.29, 0.717) is 21.7 Å². The quantitative estimate of drug-likeness (QED) is 0.287. The number of benzene rings is 2. The normalized spacial score (nSPS) is 11.2. The molecule has 33 heavy (non-hydrogen) atoms. The van der Waals surface area contributed by atoms with Gasteiger partial charge in [-0.25, -0.2) is 13.4 Å². The van der Waals surface area contributed by atoms with Crippen LogP contribution in [-0.2, 0) is 16.4 Å². The van der Waals surface area contributed by atoms with Crippen LogP contribution in [0.3, 0.4) is 0 Å². The van der Waals surface area contributed by atoms with Crippen LogP contribution in [0.5, 0.6) is 0 Å². The summed E-state index contributed by atoms with van der Waals surface area (Å²) in [4.78, 5) is 10.0. The molecular weight excluding hydrogens is 454 g/mol. The lowest BCUT2D eigenvalue weighted by Crippen LogP contribution is -2.11. The molecule has 0 fully saturated rings. The zero-order valence-electron chi connectivity index (χ0n) is 18.6. The van der Waals surface area contributed by atoms with Crippen molar-refractivity contribution in [2.45, 2.75) is 31.4 Å². The van der Waals surface area contributed by atoms with Crippen molar-refractivity contribution in [3.05, 3.63) is 82.9 Å². The van der Waals surface area contributed by atoms with Crippen molar-refractivity contribution in [1.82, 2.24) is 9.97 Å². The summed E-state index contributed by atoms with van der Waals surface area (Å²) >= 11 is 1.28. The molecule has 170 valence electrons. The summed E-state index contributed by atoms with van der Waals surface area (Å²) in [5.74, 6) is 1.13. The molecular formula is C24H25N5O2S2. The smallest absolute Gasteiger partial charge is 0.271 e. The van der Waals surface area contributed by atoms with Crippen LogP contribution in [-0.4, -0.2) is 18.4 Å². The average molecular weight is 480 g/mol. The predicted molar refractivity (Wildman–Crippen MR) is 135 cm³/mol. The molecule has 0 saturated carbocycles. The first-order valence-electron chi connectivity index (χ1n) is 10.5. The van der Waals surface area contributed by atoms with E-state index in [0.717, 1.165) is 28.4 Å². The number of thiophene rings is 1. The van der Waals surface area contributed by atoms with Crippen LogP contribution in [0.4, 0.5) is 28.8 Å². The van der Waals surface area contributed by atoms with Crippen molar-refractivity contribution < 1.29 is 8.42 Å². The van der Waals surface area contributed by atoms with E-state index in [1.54, 1.807) is 30.3 Å². The molecule has 0 aliphatic carbocycles. The lowest BCUT2D eigenvalue weighted by atomic mass is 10.2. The Bertz CT molecular complexity index is 1350. The highest BCUT2D eigenvalue weighted by atomic mass is 32.2. The van der Waals surface area contributed by atoms with Crippen molar-refractivity contribution in [3.8, 4) is 0 Å². The maximum absolute atomic E-state index is 12.6. The summed E-state index contributed by atoms with van der Waals surface area (Å²) in [6.07, 6.45) is 0.811. The van der Waals surface area contributed by atoms with E-state index in [9.17, 15) is 8.42 Å². The van der Waals surface area contributed by atoms with Gasteiger partial charge in [0.05, 0.1) is 0 Å². The van der Waals surface area contributed by atoms with Gasteiger partial charge < -0.3 is 10.6 Å². The number of anilines is 5. The SMILES string of the molecule is CCc1ccc(S(=O)(=O)Nc2ccc(Nc3cc(C)nc(Nc4ccc(C)cc4)n3)cc2)s1. The van der Waals surface area contributed by atoms with E-state index in [2.05, 4.69) is 25.3 Å². The number of sulfonamides is 1. The van der Waals surface area contributed by atoms with Gasteiger partial charge in [0.1, 0.15) is 10.0 Å². The number of hydrogen-bond donors (Lipinski definition) is 3. The zero-order chi connectivity index (χ0) is 23.4. The molecule has 3 N–H and O–H groups in total. The van der Waals surface area contributed by atoms with Crippen LogP contribution >= 0.6 is 11.3 Å². The fourth-order valence-corrected chi connectivity index (χ4v) is 5.48. The maximum atomic E-state index is 12.6. The van der Waals surface area contributed by atoms with Crippen molar-refractivity contribution in [2.24, 2.45) is 0 Å². The van der Waals surface area contributed by atoms with Gasteiger partial charge in [-0.3, -0.25) is 4.72 Å². The first-order chi connectivity index (χ1) is 15.8. The second-order valence-electron chi connectivity index (χ2n) is 7.59. The Morgan fingerprint density at radius 3 is 2.12 bits per heavy atom. The van der Waals surface area contributed by atoms with Crippen molar-refractivity contribution >= 4 is 50.2 Å². The number of nitrogens with one attached hydrogen (secondary N) is 3. The van der Waals surface area contributed by atoms with E-state index in [4.69, 9.17) is 0 Å². The topological polar surface area (TPSA) is 96.0 Å². The Labute approximate surface area is 198 Å². The molecule has 0 bridgehead atoms. The van der Waals surface area contributed by atoms with Gasteiger partial charge in [0, 0.05) is 33.7 Å². The fraction of sp³-hybridized carbons (Fsp3) is 0.167. The molecule has 0 spiro atoms. The minimum absolute atomic E-state index is 0.312. The Kier molecular flexibility index (Phi) is 6.62. The van der Waals surface area contributed by atoms with Crippen LogP contribution in [0.15, 0.2) is 70.9 Å². The lowest BCUT2D eigenvalue weighted by Gasteiger charge is -2.11. The number of aromatic nitrogens is 2. The van der Waals surface area contributed by atoms with Gasteiger partial charge in [0.25, 0.3) is 10.0 Å². The third-order valence-corrected chi connectivity index (χ3v) is 7.92. The third-order valence-electron chi connectivity index (χ3n) is 4.82. The summed E-state index contributed by atoms with van der Waals surface area (Å²) in [6.45, 7) is 5.94. The van der Waals surface area contributed by atoms with Crippen molar-refractivity contribution in [1.29, 1.82) is 0 Å². The third kappa shape index (κ3) is 5.88. The molecule has 7 nitrogen and oxygen atoms in total. The van der Waals surface area contributed by atoms with Crippen LogP contribution in [0.2, 0.25) is 0 Å². The van der Waals surface area contributed by atoms with Gasteiger partial charge in [-0.15, -0.1) is 11.3 Å². The van der Waals surface area contributed by atoms with Crippen LogP contribution < -0.4 is 15.4 Å². The summed E-state index contributed by atoms with van der Waals surface area (Å²) in [7, 11) is -3.60. The monoisotopic (exact) mass is 479 g/mol. The predicted octanol–water partition coefficient (Wildman–Crippen LogP) is 6.01. The van der Waals surface area contributed by atoms with Gasteiger partial charge in [-0.2, -0.15) is 4.98 Å². The molecule has 0 amide bonds. The summed E-state index contributed by atoms with van der Waals surface area (Å²) < 4.78 is 28.2. The second kappa shape index (κ2) is 9.60.